The summed E-state index contributed by atoms with van der Waals surface area (Å²) in [4.78, 5) is 21.8. The van der Waals surface area contributed by atoms with E-state index in [9.17, 15) is 9.59 Å². The fraction of sp³-hybridized carbons (Fsp3) is 0.846. The summed E-state index contributed by atoms with van der Waals surface area (Å²) in [5, 5.41) is 11.8. The minimum absolute atomic E-state index is 0.236. The summed E-state index contributed by atoms with van der Waals surface area (Å²) in [6.07, 6.45) is 0.384. The quantitative estimate of drug-likeness (QED) is 0.309. The van der Waals surface area contributed by atoms with Gasteiger partial charge in [-0.25, -0.2) is 0 Å². The molecule has 0 saturated carbocycles. The summed E-state index contributed by atoms with van der Waals surface area (Å²) in [6.45, 7) is 7.55. The molecule has 22 heavy (non-hydrogen) atoms. The molecule has 0 saturated heterocycles. The summed E-state index contributed by atoms with van der Waals surface area (Å²) in [5.74, 6) is -1.75. The molecule has 0 spiro atoms. The van der Waals surface area contributed by atoms with Crippen LogP contribution in [-0.4, -0.2) is 58.2 Å². The zero-order chi connectivity index (χ0) is 17.0. The lowest BCUT2D eigenvalue weighted by Gasteiger charge is -2.28. The maximum absolute atomic E-state index is 11.0. The molecule has 0 aromatic heterocycles. The number of carboxylic acid groups (broad SMARTS) is 1. The van der Waals surface area contributed by atoms with Gasteiger partial charge in [0.1, 0.15) is 6.04 Å². The Kier molecular flexibility index (Phi) is 11.0. The van der Waals surface area contributed by atoms with Crippen LogP contribution in [0.3, 0.4) is 0 Å². The number of carbonyl (C=O) groups excluding carboxylic acids is 1. The van der Waals surface area contributed by atoms with Gasteiger partial charge in [-0.15, -0.1) is 0 Å². The highest BCUT2D eigenvalue weighted by atomic mass is 28.4. The topological polar surface area (TPSA) is 120 Å². The second kappa shape index (κ2) is 11.5. The Morgan fingerprint density at radius 1 is 1.14 bits per heavy atom. The van der Waals surface area contributed by atoms with Crippen molar-refractivity contribution in [3.05, 3.63) is 0 Å². The molecule has 130 valence electrons. The van der Waals surface area contributed by atoms with Gasteiger partial charge in [0.25, 0.3) is 0 Å². The molecular formula is C13H28N2O6Si. The molecule has 0 heterocycles. The molecule has 0 aliphatic rings. The van der Waals surface area contributed by atoms with Gasteiger partial charge in [-0.1, -0.05) is 0 Å². The number of carboxylic acids is 1. The largest absolute Gasteiger partial charge is 0.500 e. The van der Waals surface area contributed by atoms with Crippen molar-refractivity contribution in [3.8, 4) is 0 Å². The van der Waals surface area contributed by atoms with E-state index in [0.717, 1.165) is 0 Å². The van der Waals surface area contributed by atoms with E-state index >= 15 is 0 Å². The van der Waals surface area contributed by atoms with E-state index in [0.29, 0.717) is 38.8 Å². The summed E-state index contributed by atoms with van der Waals surface area (Å²) >= 11 is 0. The third-order valence-corrected chi connectivity index (χ3v) is 6.00. The first-order valence-corrected chi connectivity index (χ1v) is 9.50. The Morgan fingerprint density at radius 3 is 2.00 bits per heavy atom. The van der Waals surface area contributed by atoms with Crippen LogP contribution in [0.4, 0.5) is 0 Å². The van der Waals surface area contributed by atoms with Gasteiger partial charge in [0.05, 0.1) is 6.42 Å². The minimum Gasteiger partial charge on any atom is -0.480 e. The normalized spacial score (nSPS) is 13.0. The van der Waals surface area contributed by atoms with E-state index in [1.54, 1.807) is 0 Å². The van der Waals surface area contributed by atoms with Crippen molar-refractivity contribution in [1.82, 2.24) is 5.32 Å². The summed E-state index contributed by atoms with van der Waals surface area (Å²) < 4.78 is 17.1. The standard InChI is InChI=1S/C13H28N2O6Si/c1-4-19-22(20-5-2,21-6-3)9-7-8-15-11(13(17)18)10-12(14)16/h11,15H,4-10H2,1-3H3,(H2,14,16)(H,17,18)/t11-/m0/s1. The van der Waals surface area contributed by atoms with Crippen LogP contribution in [0.5, 0.6) is 0 Å². The molecule has 0 aliphatic heterocycles. The minimum atomic E-state index is -2.71. The van der Waals surface area contributed by atoms with Gasteiger partial charge in [0.15, 0.2) is 0 Å². The van der Waals surface area contributed by atoms with Gasteiger partial charge in [0.2, 0.25) is 5.91 Å². The van der Waals surface area contributed by atoms with Crippen molar-refractivity contribution in [3.63, 3.8) is 0 Å². The van der Waals surface area contributed by atoms with E-state index in [4.69, 9.17) is 24.1 Å². The summed E-state index contributed by atoms with van der Waals surface area (Å²) in [7, 11) is -2.71. The van der Waals surface area contributed by atoms with Gasteiger partial charge >= 0.3 is 14.8 Å². The number of rotatable bonds is 14. The van der Waals surface area contributed by atoms with Crippen LogP contribution < -0.4 is 11.1 Å². The monoisotopic (exact) mass is 336 g/mol. The molecule has 8 nitrogen and oxygen atoms in total. The van der Waals surface area contributed by atoms with Crippen LogP contribution in [0, 0.1) is 0 Å². The van der Waals surface area contributed by atoms with E-state index in [-0.39, 0.29) is 6.42 Å². The van der Waals surface area contributed by atoms with Gasteiger partial charge < -0.3 is 29.4 Å². The van der Waals surface area contributed by atoms with Crippen molar-refractivity contribution >= 4 is 20.7 Å². The number of nitrogens with one attached hydrogen (secondary N) is 1. The van der Waals surface area contributed by atoms with Crippen LogP contribution in [-0.2, 0) is 22.9 Å². The number of primary amides is 1. The molecule has 4 N–H and O–H groups in total. The summed E-state index contributed by atoms with van der Waals surface area (Å²) in [5.41, 5.74) is 5.03. The molecule has 0 unspecified atom stereocenters. The second-order valence-electron chi connectivity index (χ2n) is 4.60. The highest BCUT2D eigenvalue weighted by Gasteiger charge is 2.39. The predicted molar refractivity (Wildman–Crippen MR) is 83.3 cm³/mol. The van der Waals surface area contributed by atoms with Crippen LogP contribution >= 0.6 is 0 Å². The molecule has 0 radical (unpaired) electrons. The number of hydrogen-bond acceptors (Lipinski definition) is 6. The van der Waals surface area contributed by atoms with Crippen LogP contribution in [0.15, 0.2) is 0 Å². The average Bonchev–Trinajstić information content (AvgIpc) is 2.42. The number of carbonyl (C=O) groups is 2. The number of nitrogens with two attached hydrogens (primary N) is 1. The van der Waals surface area contributed by atoms with Crippen molar-refractivity contribution in [2.75, 3.05) is 26.4 Å². The Balaban J connectivity index is 4.40. The van der Waals surface area contributed by atoms with E-state index < -0.39 is 26.7 Å². The van der Waals surface area contributed by atoms with Crippen molar-refractivity contribution < 1.29 is 28.0 Å². The first-order chi connectivity index (χ1) is 10.4. The first kappa shape index (κ1) is 21.0. The summed E-state index contributed by atoms with van der Waals surface area (Å²) in [6, 6.07) is -0.391. The number of hydrogen-bond donors (Lipinski definition) is 3. The average molecular weight is 336 g/mol. The molecule has 0 bridgehead atoms. The Hall–Kier alpha value is -1.00. The molecule has 0 rings (SSSR count). The number of amides is 1. The molecular weight excluding hydrogens is 308 g/mol. The first-order valence-electron chi connectivity index (χ1n) is 7.57. The Bertz CT molecular complexity index is 325. The van der Waals surface area contributed by atoms with Crippen LogP contribution in [0.2, 0.25) is 6.04 Å². The molecule has 0 aliphatic carbocycles. The fourth-order valence-corrected chi connectivity index (χ4v) is 4.64. The number of aliphatic carboxylic acids is 1. The smallest absolute Gasteiger partial charge is 0.480 e. The lowest BCUT2D eigenvalue weighted by Crippen LogP contribution is -2.47. The van der Waals surface area contributed by atoms with Gasteiger partial charge in [-0.05, 0) is 33.7 Å². The third-order valence-electron chi connectivity index (χ3n) is 2.85. The van der Waals surface area contributed by atoms with Gasteiger partial charge in [-0.2, -0.15) is 0 Å². The van der Waals surface area contributed by atoms with Crippen LogP contribution in [0.25, 0.3) is 0 Å². The lowest BCUT2D eigenvalue weighted by molar-refractivity contribution is -0.141. The predicted octanol–water partition coefficient (Wildman–Crippen LogP) is 0.343. The molecule has 0 aromatic rings. The lowest BCUT2D eigenvalue weighted by atomic mass is 10.2. The molecule has 1 amide bonds. The van der Waals surface area contributed by atoms with Crippen molar-refractivity contribution in [2.24, 2.45) is 5.73 Å². The highest BCUT2D eigenvalue weighted by Crippen LogP contribution is 2.17. The second-order valence-corrected chi connectivity index (χ2v) is 7.33. The molecule has 0 aromatic carbocycles. The van der Waals surface area contributed by atoms with E-state index in [1.807, 2.05) is 20.8 Å². The van der Waals surface area contributed by atoms with E-state index in [2.05, 4.69) is 5.32 Å². The fourth-order valence-electron chi connectivity index (χ4n) is 2.03. The van der Waals surface area contributed by atoms with Crippen molar-refractivity contribution in [2.45, 2.75) is 45.7 Å². The Labute approximate surface area is 132 Å². The van der Waals surface area contributed by atoms with E-state index in [1.165, 1.54) is 0 Å². The maximum atomic E-state index is 11.0. The van der Waals surface area contributed by atoms with Crippen LogP contribution in [0.1, 0.15) is 33.6 Å². The Morgan fingerprint density at radius 2 is 1.64 bits per heavy atom. The molecule has 1 atom stereocenters. The molecule has 0 fully saturated rings. The zero-order valence-electron chi connectivity index (χ0n) is 13.6. The van der Waals surface area contributed by atoms with Gasteiger partial charge in [-0.3, -0.25) is 9.59 Å². The van der Waals surface area contributed by atoms with Crippen molar-refractivity contribution in [1.29, 1.82) is 0 Å². The highest BCUT2D eigenvalue weighted by molar-refractivity contribution is 6.60. The van der Waals surface area contributed by atoms with Gasteiger partial charge in [0, 0.05) is 25.9 Å². The maximum Gasteiger partial charge on any atom is 0.500 e. The zero-order valence-corrected chi connectivity index (χ0v) is 14.6. The SMILES string of the molecule is CCO[Si](CCCN[C@@H](CC(N)=O)C(=O)O)(OCC)OCC. The molecule has 9 heteroatoms. The third kappa shape index (κ3) is 8.44.